The quantitative estimate of drug-likeness (QED) is 0.212. The second kappa shape index (κ2) is 8.77. The third-order valence-electron chi connectivity index (χ3n) is 7.38. The normalized spacial score (nSPS) is 14.3. The van der Waals surface area contributed by atoms with Crippen molar-refractivity contribution in [3.05, 3.63) is 116 Å². The van der Waals surface area contributed by atoms with Crippen molar-refractivity contribution < 1.29 is 24.8 Å². The smallest absolute Gasteiger partial charge is 0.324 e. The average molecular weight is 582 g/mol. The molecule has 0 aliphatic carbocycles. The molecule has 5 nitrogen and oxygen atoms in total. The Morgan fingerprint density at radius 1 is 0.789 bits per heavy atom. The van der Waals surface area contributed by atoms with Gasteiger partial charge in [0.2, 0.25) is 0 Å². The Kier molecular flexibility index (Phi) is 5.33. The minimum Gasteiger partial charge on any atom is -0.510 e. The molecule has 4 aromatic carbocycles. The van der Waals surface area contributed by atoms with Gasteiger partial charge < -0.3 is 19.0 Å². The molecule has 0 saturated heterocycles. The molecule has 3 aliphatic heterocycles. The zero-order valence-electron chi connectivity index (χ0n) is 20.4. The number of aromatic nitrogens is 1. The van der Waals surface area contributed by atoms with Gasteiger partial charge in [-0.05, 0) is 19.4 Å². The van der Waals surface area contributed by atoms with Gasteiger partial charge in [0.05, 0.1) is 12.5 Å². The Hall–Kier alpha value is -4.04. The van der Waals surface area contributed by atoms with Gasteiger partial charge in [-0.2, -0.15) is 12.7 Å². The van der Waals surface area contributed by atoms with E-state index < -0.39 is 0 Å². The van der Waals surface area contributed by atoms with Crippen molar-refractivity contribution in [2.75, 3.05) is 16.8 Å². The zero-order chi connectivity index (χ0) is 24.5. The van der Waals surface area contributed by atoms with E-state index in [2.05, 4.69) is 106 Å². The Morgan fingerprint density at radius 2 is 1.47 bits per heavy atom. The Morgan fingerprint density at radius 3 is 2.13 bits per heavy atom. The first kappa shape index (κ1) is 23.1. The Labute approximate surface area is 235 Å². The third-order valence-corrected chi connectivity index (χ3v) is 7.38. The van der Waals surface area contributed by atoms with Crippen molar-refractivity contribution in [3.8, 4) is 33.7 Å². The second-order valence-electron chi connectivity index (χ2n) is 9.51. The van der Waals surface area contributed by atoms with Crippen LogP contribution in [0.4, 0.5) is 17.1 Å². The van der Waals surface area contributed by atoms with Crippen LogP contribution in [0.25, 0.3) is 33.7 Å². The van der Waals surface area contributed by atoms with E-state index in [0.717, 1.165) is 33.8 Å². The van der Waals surface area contributed by atoms with Crippen LogP contribution in [-0.4, -0.2) is 23.8 Å². The van der Waals surface area contributed by atoms with Crippen LogP contribution in [0.3, 0.4) is 0 Å². The molecule has 0 atom stereocenters. The molecule has 0 unspecified atom stereocenters. The van der Waals surface area contributed by atoms with E-state index in [9.17, 15) is 0 Å². The van der Waals surface area contributed by atoms with Crippen LogP contribution in [0.1, 0.15) is 0 Å². The van der Waals surface area contributed by atoms with Crippen molar-refractivity contribution in [2.24, 2.45) is 0 Å². The van der Waals surface area contributed by atoms with Gasteiger partial charge in [-0.25, -0.2) is 0 Å². The molecule has 0 bridgehead atoms. The summed E-state index contributed by atoms with van der Waals surface area (Å²) in [6.45, 7) is 2.05. The fourth-order valence-electron chi connectivity index (χ4n) is 5.77. The first-order valence-corrected chi connectivity index (χ1v) is 12.3. The number of nitrogens with zero attached hydrogens (tertiary/aromatic N) is 4. The van der Waals surface area contributed by atoms with Crippen LogP contribution in [0.2, 0.25) is 0 Å². The molecule has 0 N–H and O–H groups in total. The van der Waals surface area contributed by atoms with Crippen LogP contribution in [0.15, 0.2) is 102 Å². The summed E-state index contributed by atoms with van der Waals surface area (Å²) in [7, 11) is 2.03. The monoisotopic (exact) mass is 581 g/mol. The number of oxazole rings is 1. The number of rotatable bonds is 2. The summed E-state index contributed by atoms with van der Waals surface area (Å²) in [4.78, 5) is 10.9. The molecule has 4 heterocycles. The number of benzene rings is 4. The fourth-order valence-corrected chi connectivity index (χ4v) is 5.77. The number of anilines is 3. The van der Waals surface area contributed by atoms with E-state index in [4.69, 9.17) is 4.42 Å². The molecule has 7 heteroatoms. The van der Waals surface area contributed by atoms with Gasteiger partial charge in [0.1, 0.15) is 5.89 Å². The molecule has 38 heavy (non-hydrogen) atoms. The van der Waals surface area contributed by atoms with Crippen LogP contribution >= 0.6 is 0 Å². The average Bonchev–Trinajstić information content (AvgIpc) is 3.65. The van der Waals surface area contributed by atoms with E-state index in [1.54, 1.807) is 12.5 Å². The zero-order valence-corrected chi connectivity index (χ0v) is 22.0. The topological polar surface area (TPSA) is 35.8 Å². The molecule has 1 aromatic heterocycles. The van der Waals surface area contributed by atoms with E-state index in [0.29, 0.717) is 5.89 Å². The molecule has 0 radical (unpaired) electrons. The maximum atomic E-state index is 5.65. The number of hydrogen-bond acceptors (Lipinski definition) is 5. The fraction of sp³-hybridized carbons (Fsp3) is 0.0323. The third kappa shape index (κ3) is 3.33. The van der Waals surface area contributed by atoms with Gasteiger partial charge in [-0.3, -0.25) is 4.98 Å². The summed E-state index contributed by atoms with van der Waals surface area (Å²) in [5.74, 6) is 0.563. The van der Waals surface area contributed by atoms with Crippen LogP contribution < -0.4 is 20.6 Å². The molecule has 0 saturated carbocycles. The molecule has 0 spiro atoms. The Balaban J connectivity index is 0.00000242. The van der Waals surface area contributed by atoms with E-state index in [-0.39, 0.29) is 27.3 Å². The van der Waals surface area contributed by atoms with Gasteiger partial charge in [-0.15, -0.1) is 41.6 Å². The minimum absolute atomic E-state index is 0. The number of fused-ring (bicyclic) bond motifs is 11. The van der Waals surface area contributed by atoms with Gasteiger partial charge in [0.15, 0.2) is 0 Å². The van der Waals surface area contributed by atoms with E-state index in [1.165, 1.54) is 22.1 Å². The summed E-state index contributed by atoms with van der Waals surface area (Å²) in [6, 6.07) is 33.4. The van der Waals surface area contributed by atoms with Crippen molar-refractivity contribution >= 4 is 34.8 Å². The molecule has 5 aromatic rings. The van der Waals surface area contributed by atoms with Gasteiger partial charge in [-0.1, -0.05) is 93.1 Å². The SMILES string of the molecule is CN1C=CN(c2[c-]c3c(cc2)-c2ccccc2B2c4ccccc4-c4ccc(-c5ncco5)[c-]c4N23)[CH-]1.[Pd]. The maximum Gasteiger partial charge on any atom is 0.324 e. The van der Waals surface area contributed by atoms with Crippen molar-refractivity contribution in [3.63, 3.8) is 0 Å². The molecular weight excluding hydrogens is 562 g/mol. The molecule has 186 valence electrons. The van der Waals surface area contributed by atoms with Crippen molar-refractivity contribution in [1.29, 1.82) is 0 Å². The maximum absolute atomic E-state index is 5.65. The Bertz CT molecular complexity index is 1720. The summed E-state index contributed by atoms with van der Waals surface area (Å²) >= 11 is 0. The number of hydrogen-bond donors (Lipinski definition) is 0. The summed E-state index contributed by atoms with van der Waals surface area (Å²) in [5.41, 5.74) is 11.2. The van der Waals surface area contributed by atoms with Gasteiger partial charge >= 0.3 is 6.85 Å². The molecule has 0 amide bonds. The summed E-state index contributed by atoms with van der Waals surface area (Å²) in [6.07, 6.45) is 7.36. The molecule has 8 rings (SSSR count). The van der Waals surface area contributed by atoms with E-state index >= 15 is 0 Å². The largest absolute Gasteiger partial charge is 0.510 e. The predicted octanol–water partition coefficient (Wildman–Crippen LogP) is 5.19. The van der Waals surface area contributed by atoms with Crippen LogP contribution in [-0.2, 0) is 20.4 Å². The van der Waals surface area contributed by atoms with Crippen LogP contribution in [0.5, 0.6) is 0 Å². The van der Waals surface area contributed by atoms with Crippen molar-refractivity contribution in [1.82, 2.24) is 9.88 Å². The first-order chi connectivity index (χ1) is 18.3. The first-order valence-electron chi connectivity index (χ1n) is 12.3. The van der Waals surface area contributed by atoms with Crippen LogP contribution in [0, 0.1) is 18.8 Å². The minimum atomic E-state index is -0.00395. The molecule has 3 aliphatic rings. The molecular formula is C31H20BN4OPd-3. The molecule has 0 fully saturated rings. The van der Waals surface area contributed by atoms with Gasteiger partial charge in [0.25, 0.3) is 0 Å². The second-order valence-corrected chi connectivity index (χ2v) is 9.51. The summed E-state index contributed by atoms with van der Waals surface area (Å²) in [5, 5.41) is 0. The predicted molar refractivity (Wildman–Crippen MR) is 148 cm³/mol. The van der Waals surface area contributed by atoms with Crippen molar-refractivity contribution in [2.45, 2.75) is 0 Å². The standard InChI is InChI=1S/C31H20BN4O.Pd/c1-34-15-16-35(20-34)22-11-13-26-24-7-3-5-9-28(24)32-27-8-4-2-6-23(27)25-12-10-21(31-33-14-17-37-31)18-29(25)36(32)30(26)19-22;/h2-17,20H,1H3;/q-3;. The van der Waals surface area contributed by atoms with E-state index in [1.807, 2.05) is 24.2 Å². The summed E-state index contributed by atoms with van der Waals surface area (Å²) < 4.78 is 5.65. The van der Waals surface area contributed by atoms with Gasteiger partial charge in [0, 0.05) is 20.4 Å².